The largest absolute Gasteiger partial charge is 0.494 e. The van der Waals surface area contributed by atoms with Gasteiger partial charge in [-0.25, -0.2) is 8.78 Å². The minimum atomic E-state index is -0.814. The molecule has 19 heavy (non-hydrogen) atoms. The third-order valence-electron chi connectivity index (χ3n) is 2.61. The first-order chi connectivity index (χ1) is 9.04. The highest BCUT2D eigenvalue weighted by Crippen LogP contribution is 2.23. The Balaban J connectivity index is 2.44. The van der Waals surface area contributed by atoms with E-state index in [4.69, 9.17) is 16.3 Å². The first kappa shape index (κ1) is 13.5. The predicted molar refractivity (Wildman–Crippen MR) is 67.8 cm³/mol. The van der Waals surface area contributed by atoms with E-state index >= 15 is 0 Å². The molecule has 2 aromatic carbocycles. The molecule has 0 unspecified atom stereocenters. The van der Waals surface area contributed by atoms with E-state index < -0.39 is 17.4 Å². The number of ether oxygens (including phenoxy) is 1. The van der Waals surface area contributed by atoms with E-state index in [1.807, 2.05) is 0 Å². The molecule has 2 nitrogen and oxygen atoms in total. The van der Waals surface area contributed by atoms with Crippen LogP contribution in [-0.2, 0) is 0 Å². The molecular formula is C14H9ClF2O2. The minimum absolute atomic E-state index is 0.0168. The van der Waals surface area contributed by atoms with Crippen molar-refractivity contribution in [3.63, 3.8) is 0 Å². The molecular weight excluding hydrogens is 274 g/mol. The van der Waals surface area contributed by atoms with Gasteiger partial charge in [-0.2, -0.15) is 0 Å². The molecule has 0 aliphatic heterocycles. The van der Waals surface area contributed by atoms with Crippen molar-refractivity contribution >= 4 is 17.4 Å². The summed E-state index contributed by atoms with van der Waals surface area (Å²) in [5.41, 5.74) is -0.170. The van der Waals surface area contributed by atoms with Crippen LogP contribution in [0.2, 0.25) is 5.02 Å². The number of hydrogen-bond donors (Lipinski definition) is 0. The third-order valence-corrected chi connectivity index (χ3v) is 2.90. The van der Waals surface area contributed by atoms with Crippen LogP contribution in [0.1, 0.15) is 15.9 Å². The summed E-state index contributed by atoms with van der Waals surface area (Å²) in [4.78, 5) is 12.1. The zero-order valence-electron chi connectivity index (χ0n) is 9.91. The molecule has 0 radical (unpaired) electrons. The summed E-state index contributed by atoms with van der Waals surface area (Å²) >= 11 is 5.60. The Hall–Kier alpha value is -1.94. The van der Waals surface area contributed by atoms with Crippen LogP contribution in [0.4, 0.5) is 8.78 Å². The van der Waals surface area contributed by atoms with Crippen LogP contribution < -0.4 is 4.74 Å². The third kappa shape index (κ3) is 2.58. The maximum atomic E-state index is 13.7. The summed E-state index contributed by atoms with van der Waals surface area (Å²) in [6.45, 7) is 0. The van der Waals surface area contributed by atoms with Crippen molar-refractivity contribution in [2.45, 2.75) is 0 Å². The number of methoxy groups -OCH3 is 1. The number of carbonyl (C=O) groups excluding carboxylic acids is 1. The molecule has 0 aliphatic carbocycles. The van der Waals surface area contributed by atoms with Gasteiger partial charge in [0.1, 0.15) is 0 Å². The highest BCUT2D eigenvalue weighted by molar-refractivity contribution is 6.31. The number of halogens is 3. The van der Waals surface area contributed by atoms with Crippen molar-refractivity contribution in [2.75, 3.05) is 7.11 Å². The van der Waals surface area contributed by atoms with Gasteiger partial charge < -0.3 is 4.74 Å². The monoisotopic (exact) mass is 282 g/mol. The number of hydrogen-bond acceptors (Lipinski definition) is 2. The molecule has 0 fully saturated rings. The van der Waals surface area contributed by atoms with Crippen LogP contribution in [0.5, 0.6) is 5.75 Å². The highest BCUT2D eigenvalue weighted by atomic mass is 35.5. The van der Waals surface area contributed by atoms with Gasteiger partial charge in [0.15, 0.2) is 23.2 Å². The second-order valence-electron chi connectivity index (χ2n) is 3.78. The Kier molecular flexibility index (Phi) is 3.81. The second kappa shape index (κ2) is 5.36. The van der Waals surface area contributed by atoms with Crippen LogP contribution in [0.25, 0.3) is 0 Å². The summed E-state index contributed by atoms with van der Waals surface area (Å²) in [5.74, 6) is -2.12. The van der Waals surface area contributed by atoms with E-state index in [1.165, 1.54) is 37.4 Å². The summed E-state index contributed by atoms with van der Waals surface area (Å²) in [7, 11) is 1.32. The van der Waals surface area contributed by atoms with Gasteiger partial charge in [0.25, 0.3) is 0 Å². The maximum absolute atomic E-state index is 13.7. The van der Waals surface area contributed by atoms with E-state index in [1.54, 1.807) is 0 Å². The lowest BCUT2D eigenvalue weighted by Crippen LogP contribution is -2.05. The Morgan fingerprint density at radius 2 is 1.95 bits per heavy atom. The van der Waals surface area contributed by atoms with Gasteiger partial charge in [-0.05, 0) is 30.3 Å². The fraction of sp³-hybridized carbons (Fsp3) is 0.0714. The molecule has 0 heterocycles. The Morgan fingerprint density at radius 1 is 1.21 bits per heavy atom. The average Bonchev–Trinajstić information content (AvgIpc) is 2.41. The molecule has 0 saturated heterocycles. The van der Waals surface area contributed by atoms with Crippen LogP contribution in [-0.4, -0.2) is 12.9 Å². The topological polar surface area (TPSA) is 26.3 Å². The van der Waals surface area contributed by atoms with E-state index in [0.29, 0.717) is 0 Å². The predicted octanol–water partition coefficient (Wildman–Crippen LogP) is 3.86. The first-order valence-corrected chi connectivity index (χ1v) is 5.74. The van der Waals surface area contributed by atoms with E-state index in [0.717, 1.165) is 6.07 Å². The van der Waals surface area contributed by atoms with Crippen LogP contribution in [0, 0.1) is 11.6 Å². The quantitative estimate of drug-likeness (QED) is 0.799. The molecule has 5 heteroatoms. The van der Waals surface area contributed by atoms with Crippen molar-refractivity contribution in [3.8, 4) is 5.75 Å². The van der Waals surface area contributed by atoms with Crippen LogP contribution in [0.3, 0.4) is 0 Å². The summed E-state index contributed by atoms with van der Waals surface area (Å²) in [6, 6.07) is 7.77. The smallest absolute Gasteiger partial charge is 0.196 e. The van der Waals surface area contributed by atoms with Crippen molar-refractivity contribution < 1.29 is 18.3 Å². The van der Waals surface area contributed by atoms with Gasteiger partial charge in [0.2, 0.25) is 0 Å². The Morgan fingerprint density at radius 3 is 2.58 bits per heavy atom. The van der Waals surface area contributed by atoms with E-state index in [2.05, 4.69) is 0 Å². The van der Waals surface area contributed by atoms with Gasteiger partial charge in [0, 0.05) is 5.56 Å². The standard InChI is InChI=1S/C14H9ClF2O2/c1-19-12-6-5-8(7-11(12)16)14(18)9-3-2-4-10(15)13(9)17/h2-7H,1H3. The minimum Gasteiger partial charge on any atom is -0.494 e. The summed E-state index contributed by atoms with van der Waals surface area (Å²) in [5, 5.41) is -0.153. The fourth-order valence-corrected chi connectivity index (χ4v) is 1.82. The van der Waals surface area contributed by atoms with Gasteiger partial charge in [-0.15, -0.1) is 0 Å². The van der Waals surface area contributed by atoms with Gasteiger partial charge in [-0.1, -0.05) is 17.7 Å². The first-order valence-electron chi connectivity index (χ1n) is 5.37. The zero-order chi connectivity index (χ0) is 14.0. The molecule has 98 valence electrons. The number of carbonyl (C=O) groups is 1. The fourth-order valence-electron chi connectivity index (χ4n) is 1.64. The number of benzene rings is 2. The van der Waals surface area contributed by atoms with Crippen molar-refractivity contribution in [3.05, 3.63) is 64.2 Å². The van der Waals surface area contributed by atoms with Gasteiger partial charge >= 0.3 is 0 Å². The molecule has 0 N–H and O–H groups in total. The molecule has 0 bridgehead atoms. The normalized spacial score (nSPS) is 10.3. The lowest BCUT2D eigenvalue weighted by Gasteiger charge is -2.06. The Bertz CT molecular complexity index is 641. The molecule has 2 aromatic rings. The molecule has 0 amide bonds. The summed E-state index contributed by atoms with van der Waals surface area (Å²) < 4.78 is 32.0. The van der Waals surface area contributed by atoms with E-state index in [9.17, 15) is 13.6 Å². The average molecular weight is 283 g/mol. The number of rotatable bonds is 3. The highest BCUT2D eigenvalue weighted by Gasteiger charge is 2.17. The van der Waals surface area contributed by atoms with Gasteiger partial charge in [0.05, 0.1) is 17.7 Å². The van der Waals surface area contributed by atoms with Crippen molar-refractivity contribution in [1.29, 1.82) is 0 Å². The lowest BCUT2D eigenvalue weighted by atomic mass is 10.0. The molecule has 0 aromatic heterocycles. The second-order valence-corrected chi connectivity index (χ2v) is 4.19. The van der Waals surface area contributed by atoms with Crippen molar-refractivity contribution in [2.24, 2.45) is 0 Å². The van der Waals surface area contributed by atoms with E-state index in [-0.39, 0.29) is 21.9 Å². The van der Waals surface area contributed by atoms with Crippen molar-refractivity contribution in [1.82, 2.24) is 0 Å². The molecule has 0 spiro atoms. The Labute approximate surface area is 113 Å². The zero-order valence-corrected chi connectivity index (χ0v) is 10.7. The maximum Gasteiger partial charge on any atom is 0.196 e. The summed E-state index contributed by atoms with van der Waals surface area (Å²) in [6.07, 6.45) is 0. The SMILES string of the molecule is COc1ccc(C(=O)c2cccc(Cl)c2F)cc1F. The molecule has 0 atom stereocenters. The molecule has 0 aliphatic rings. The van der Waals surface area contributed by atoms with Crippen LogP contribution in [0.15, 0.2) is 36.4 Å². The van der Waals surface area contributed by atoms with Crippen LogP contribution >= 0.6 is 11.6 Å². The molecule has 2 rings (SSSR count). The van der Waals surface area contributed by atoms with Gasteiger partial charge in [-0.3, -0.25) is 4.79 Å². The lowest BCUT2D eigenvalue weighted by molar-refractivity contribution is 0.103. The number of ketones is 1. The molecule has 0 saturated carbocycles.